The van der Waals surface area contributed by atoms with Gasteiger partial charge in [-0.15, -0.1) is 0 Å². The number of benzene rings is 2. The average molecular weight is 420 g/mol. The number of ether oxygens (including phenoxy) is 1. The first-order chi connectivity index (χ1) is 14.9. The normalized spacial score (nSPS) is 10.9. The molecule has 0 spiro atoms. The number of anilines is 1. The summed E-state index contributed by atoms with van der Waals surface area (Å²) in [4.78, 5) is 27.0. The molecule has 0 saturated carbocycles. The number of methoxy groups -OCH3 is 1. The van der Waals surface area contributed by atoms with Crippen molar-refractivity contribution in [3.8, 4) is 5.75 Å². The van der Waals surface area contributed by atoms with Crippen molar-refractivity contribution in [2.24, 2.45) is 0 Å². The molecule has 0 aliphatic carbocycles. The third kappa shape index (κ3) is 5.83. The standard InChI is InChI=1S/C25H29N3O3/c1-18-13-23(19(2)28(18)15-20-9-6-5-7-10-20)24(29)16-27(3)17-25(30)26-21-11-8-12-22(14-21)31-4/h5-14H,15-17H2,1-4H3,(H,26,30). The quantitative estimate of drug-likeness (QED) is 0.534. The minimum Gasteiger partial charge on any atom is -0.497 e. The number of nitrogens with zero attached hydrogens (tertiary/aromatic N) is 2. The average Bonchev–Trinajstić information content (AvgIpc) is 3.02. The number of carbonyl (C=O) groups excluding carboxylic acids is 2. The van der Waals surface area contributed by atoms with E-state index in [9.17, 15) is 9.59 Å². The summed E-state index contributed by atoms with van der Waals surface area (Å²) in [6.07, 6.45) is 0. The fourth-order valence-corrected chi connectivity index (χ4v) is 3.63. The van der Waals surface area contributed by atoms with Gasteiger partial charge in [0.2, 0.25) is 5.91 Å². The zero-order chi connectivity index (χ0) is 22.4. The van der Waals surface area contributed by atoms with Crippen molar-refractivity contribution < 1.29 is 14.3 Å². The monoisotopic (exact) mass is 419 g/mol. The summed E-state index contributed by atoms with van der Waals surface area (Å²) in [5, 5.41) is 2.84. The number of aryl methyl sites for hydroxylation is 1. The van der Waals surface area contributed by atoms with Crippen LogP contribution < -0.4 is 10.1 Å². The van der Waals surface area contributed by atoms with E-state index in [2.05, 4.69) is 22.0 Å². The number of carbonyl (C=O) groups is 2. The van der Waals surface area contributed by atoms with Crippen LogP contribution in [-0.2, 0) is 11.3 Å². The molecule has 1 aromatic heterocycles. The Kier molecular flexibility index (Phi) is 7.26. The lowest BCUT2D eigenvalue weighted by Gasteiger charge is -2.16. The topological polar surface area (TPSA) is 63.6 Å². The number of amides is 1. The van der Waals surface area contributed by atoms with Crippen LogP contribution in [-0.4, -0.2) is 48.4 Å². The minimum absolute atomic E-state index is 0.00379. The van der Waals surface area contributed by atoms with Crippen LogP contribution in [0.1, 0.15) is 27.3 Å². The van der Waals surface area contributed by atoms with Crippen LogP contribution in [0.3, 0.4) is 0 Å². The number of hydrogen-bond donors (Lipinski definition) is 1. The van der Waals surface area contributed by atoms with Gasteiger partial charge < -0.3 is 14.6 Å². The maximum Gasteiger partial charge on any atom is 0.238 e. The molecule has 0 fully saturated rings. The Morgan fingerprint density at radius 3 is 2.45 bits per heavy atom. The maximum absolute atomic E-state index is 12.9. The van der Waals surface area contributed by atoms with E-state index < -0.39 is 0 Å². The van der Waals surface area contributed by atoms with Gasteiger partial charge in [-0.1, -0.05) is 36.4 Å². The van der Waals surface area contributed by atoms with E-state index >= 15 is 0 Å². The van der Waals surface area contributed by atoms with Gasteiger partial charge in [-0.25, -0.2) is 0 Å². The molecule has 3 aromatic rings. The first-order valence-electron chi connectivity index (χ1n) is 10.2. The molecule has 0 aliphatic heterocycles. The van der Waals surface area contributed by atoms with Gasteiger partial charge in [-0.2, -0.15) is 0 Å². The third-order valence-corrected chi connectivity index (χ3v) is 5.24. The molecule has 162 valence electrons. The molecule has 31 heavy (non-hydrogen) atoms. The van der Waals surface area contributed by atoms with E-state index in [-0.39, 0.29) is 24.8 Å². The smallest absolute Gasteiger partial charge is 0.238 e. The molecule has 1 amide bonds. The van der Waals surface area contributed by atoms with E-state index in [1.165, 1.54) is 5.56 Å². The molecule has 1 N–H and O–H groups in total. The van der Waals surface area contributed by atoms with Gasteiger partial charge in [0.1, 0.15) is 5.75 Å². The first kappa shape index (κ1) is 22.3. The summed E-state index contributed by atoms with van der Waals surface area (Å²) in [7, 11) is 3.35. The van der Waals surface area contributed by atoms with Crippen molar-refractivity contribution >= 4 is 17.4 Å². The molecule has 3 rings (SSSR count). The number of likely N-dealkylation sites (N-methyl/N-ethyl adjacent to an activating group) is 1. The Balaban J connectivity index is 1.60. The number of aromatic nitrogens is 1. The molecule has 6 heteroatoms. The third-order valence-electron chi connectivity index (χ3n) is 5.24. The van der Waals surface area contributed by atoms with Crippen molar-refractivity contribution in [3.63, 3.8) is 0 Å². The number of nitrogens with one attached hydrogen (secondary N) is 1. The summed E-state index contributed by atoms with van der Waals surface area (Å²) >= 11 is 0. The van der Waals surface area contributed by atoms with Crippen LogP contribution in [0.25, 0.3) is 0 Å². The summed E-state index contributed by atoms with van der Waals surface area (Å²) in [5.74, 6) is 0.495. The molecular formula is C25H29N3O3. The lowest BCUT2D eigenvalue weighted by atomic mass is 10.1. The van der Waals surface area contributed by atoms with Crippen molar-refractivity contribution in [1.82, 2.24) is 9.47 Å². The number of hydrogen-bond acceptors (Lipinski definition) is 4. The van der Waals surface area contributed by atoms with E-state index in [1.807, 2.05) is 50.2 Å². The van der Waals surface area contributed by atoms with E-state index in [1.54, 1.807) is 31.2 Å². The number of Topliss-reactive ketones (excluding diaryl/α,β-unsaturated/α-hetero) is 1. The summed E-state index contributed by atoms with van der Waals surface area (Å²) in [6, 6.07) is 19.3. The number of ketones is 1. The second kappa shape index (κ2) is 10.1. The van der Waals surface area contributed by atoms with Gasteiger partial charge >= 0.3 is 0 Å². The summed E-state index contributed by atoms with van der Waals surface area (Å²) < 4.78 is 7.32. The van der Waals surface area contributed by atoms with Crippen molar-refractivity contribution in [3.05, 3.63) is 83.2 Å². The second-order valence-electron chi connectivity index (χ2n) is 7.73. The zero-order valence-electron chi connectivity index (χ0n) is 18.5. The molecule has 0 saturated heterocycles. The van der Waals surface area contributed by atoms with Gasteiger partial charge in [0.25, 0.3) is 0 Å². The van der Waals surface area contributed by atoms with Gasteiger partial charge in [0.15, 0.2) is 5.78 Å². The van der Waals surface area contributed by atoms with Crippen molar-refractivity contribution in [2.45, 2.75) is 20.4 Å². The first-order valence-corrected chi connectivity index (χ1v) is 10.2. The molecule has 1 heterocycles. The maximum atomic E-state index is 12.9. The van der Waals surface area contributed by atoms with Gasteiger partial charge in [0, 0.05) is 35.2 Å². The van der Waals surface area contributed by atoms with Gasteiger partial charge in [-0.3, -0.25) is 14.5 Å². The van der Waals surface area contributed by atoms with Crippen LogP contribution in [0.2, 0.25) is 0 Å². The van der Waals surface area contributed by atoms with E-state index in [0.29, 0.717) is 17.0 Å². The molecule has 0 bridgehead atoms. The highest BCUT2D eigenvalue weighted by Crippen LogP contribution is 2.19. The molecular weight excluding hydrogens is 390 g/mol. The zero-order valence-corrected chi connectivity index (χ0v) is 18.5. The predicted octanol–water partition coefficient (Wildman–Crippen LogP) is 3.92. The molecule has 0 radical (unpaired) electrons. The van der Waals surface area contributed by atoms with Gasteiger partial charge in [-0.05, 0) is 44.7 Å². The SMILES string of the molecule is COc1cccc(NC(=O)CN(C)CC(=O)c2cc(C)n(Cc3ccccc3)c2C)c1. The van der Waals surface area contributed by atoms with E-state index in [0.717, 1.165) is 17.9 Å². The Bertz CT molecular complexity index is 1060. The number of rotatable bonds is 9. The summed E-state index contributed by atoms with van der Waals surface area (Å²) in [5.41, 5.74) is 4.54. The second-order valence-corrected chi connectivity index (χ2v) is 7.73. The van der Waals surface area contributed by atoms with Crippen LogP contribution in [0.15, 0.2) is 60.7 Å². The van der Waals surface area contributed by atoms with Crippen LogP contribution >= 0.6 is 0 Å². The van der Waals surface area contributed by atoms with Crippen LogP contribution in [0.5, 0.6) is 5.75 Å². The fraction of sp³-hybridized carbons (Fsp3) is 0.280. The summed E-state index contributed by atoms with van der Waals surface area (Å²) in [6.45, 7) is 4.99. The van der Waals surface area contributed by atoms with Crippen LogP contribution in [0, 0.1) is 13.8 Å². The Morgan fingerprint density at radius 1 is 1.00 bits per heavy atom. The molecule has 0 aliphatic rings. The largest absolute Gasteiger partial charge is 0.497 e. The Morgan fingerprint density at radius 2 is 1.74 bits per heavy atom. The fourth-order valence-electron chi connectivity index (χ4n) is 3.63. The predicted molar refractivity (Wildman–Crippen MR) is 123 cm³/mol. The highest BCUT2D eigenvalue weighted by molar-refractivity contribution is 5.99. The van der Waals surface area contributed by atoms with Gasteiger partial charge in [0.05, 0.1) is 20.2 Å². The molecule has 0 atom stereocenters. The van der Waals surface area contributed by atoms with Crippen molar-refractivity contribution in [1.29, 1.82) is 0 Å². The lowest BCUT2D eigenvalue weighted by molar-refractivity contribution is -0.116. The molecule has 6 nitrogen and oxygen atoms in total. The Labute approximate surface area is 183 Å². The lowest BCUT2D eigenvalue weighted by Crippen LogP contribution is -2.34. The Hall–Kier alpha value is -3.38. The van der Waals surface area contributed by atoms with Crippen molar-refractivity contribution in [2.75, 3.05) is 32.6 Å². The highest BCUT2D eigenvalue weighted by atomic mass is 16.5. The minimum atomic E-state index is -0.182. The molecule has 0 unspecified atom stereocenters. The molecule has 2 aromatic carbocycles. The van der Waals surface area contributed by atoms with Crippen LogP contribution in [0.4, 0.5) is 5.69 Å². The highest BCUT2D eigenvalue weighted by Gasteiger charge is 2.18. The van der Waals surface area contributed by atoms with E-state index in [4.69, 9.17) is 4.74 Å².